The molecule has 0 saturated carbocycles. The number of nitrogens with one attached hydrogen (secondary N) is 1. The van der Waals surface area contributed by atoms with E-state index in [-0.39, 0.29) is 19.1 Å². The van der Waals surface area contributed by atoms with Crippen molar-refractivity contribution in [2.45, 2.75) is 18.5 Å². The molecule has 7 heteroatoms. The minimum atomic E-state index is -1.27. The molecular weight excluding hydrogens is 466 g/mol. The normalized spacial score (nSPS) is 20.9. The van der Waals surface area contributed by atoms with Crippen LogP contribution < -0.4 is 15.0 Å². The van der Waals surface area contributed by atoms with Gasteiger partial charge in [0.25, 0.3) is 5.91 Å². The van der Waals surface area contributed by atoms with E-state index in [1.54, 1.807) is 17.9 Å². The van der Waals surface area contributed by atoms with E-state index in [1.165, 1.54) is 0 Å². The van der Waals surface area contributed by atoms with E-state index in [9.17, 15) is 14.4 Å². The van der Waals surface area contributed by atoms with Crippen molar-refractivity contribution >= 4 is 34.3 Å². The number of benzene rings is 4. The third-order valence-electron chi connectivity index (χ3n) is 7.18. The number of ether oxygens (including phenoxy) is 1. The third-order valence-corrected chi connectivity index (χ3v) is 7.18. The quantitative estimate of drug-likeness (QED) is 0.417. The fourth-order valence-corrected chi connectivity index (χ4v) is 5.17. The molecule has 0 aliphatic carbocycles. The van der Waals surface area contributed by atoms with E-state index in [0.29, 0.717) is 17.0 Å². The molecule has 7 nitrogen and oxygen atoms in total. The van der Waals surface area contributed by atoms with Crippen molar-refractivity contribution < 1.29 is 19.1 Å². The van der Waals surface area contributed by atoms with Gasteiger partial charge in [0.15, 0.2) is 0 Å². The Labute approximate surface area is 214 Å². The summed E-state index contributed by atoms with van der Waals surface area (Å²) in [5.74, 6) is -0.240. The highest BCUT2D eigenvalue weighted by atomic mass is 16.5. The standard InChI is InChI=1S/C30H25N3O4/c1-30(23-16-15-20-9-5-6-12-22(20)17-23)28(35)32(29(36)31-30)18-27(34)33-24-13-7-8-14-26(24)37-19-25(33)21-10-3-2-4-11-21/h2-17,25H,18-19H2,1H3,(H,31,36)/t25-,30+/m1/s1. The Balaban J connectivity index is 1.31. The second-order valence-corrected chi connectivity index (χ2v) is 9.48. The van der Waals surface area contributed by atoms with Crippen LogP contribution in [0.2, 0.25) is 0 Å². The first-order valence-electron chi connectivity index (χ1n) is 12.2. The van der Waals surface area contributed by atoms with Crippen molar-refractivity contribution in [3.8, 4) is 5.75 Å². The van der Waals surface area contributed by atoms with E-state index in [1.807, 2.05) is 91.0 Å². The summed E-state index contributed by atoms with van der Waals surface area (Å²) in [5.41, 5.74) is 0.905. The van der Waals surface area contributed by atoms with Crippen molar-refractivity contribution in [3.05, 3.63) is 108 Å². The average molecular weight is 492 g/mol. The van der Waals surface area contributed by atoms with Gasteiger partial charge in [-0.05, 0) is 47.0 Å². The van der Waals surface area contributed by atoms with Gasteiger partial charge in [-0.1, -0.05) is 78.9 Å². The van der Waals surface area contributed by atoms with Gasteiger partial charge in [-0.25, -0.2) is 4.79 Å². The van der Waals surface area contributed by atoms with Gasteiger partial charge >= 0.3 is 6.03 Å². The molecule has 0 radical (unpaired) electrons. The van der Waals surface area contributed by atoms with E-state index >= 15 is 0 Å². The smallest absolute Gasteiger partial charge is 0.325 e. The predicted octanol–water partition coefficient (Wildman–Crippen LogP) is 4.77. The van der Waals surface area contributed by atoms with E-state index < -0.39 is 23.5 Å². The second kappa shape index (κ2) is 8.78. The molecule has 4 aromatic rings. The summed E-state index contributed by atoms with van der Waals surface area (Å²) in [6.07, 6.45) is 0. The first-order chi connectivity index (χ1) is 18.0. The Morgan fingerprint density at radius 2 is 1.62 bits per heavy atom. The molecule has 1 saturated heterocycles. The fraction of sp³-hybridized carbons (Fsp3) is 0.167. The third kappa shape index (κ3) is 3.80. The fourth-order valence-electron chi connectivity index (χ4n) is 5.17. The molecule has 6 rings (SSSR count). The summed E-state index contributed by atoms with van der Waals surface area (Å²) in [4.78, 5) is 43.1. The molecule has 2 atom stereocenters. The van der Waals surface area contributed by atoms with Crippen LogP contribution in [0.15, 0.2) is 97.1 Å². The van der Waals surface area contributed by atoms with Crippen molar-refractivity contribution in [2.75, 3.05) is 18.1 Å². The molecule has 184 valence electrons. The Hall–Kier alpha value is -4.65. The number of hydrogen-bond acceptors (Lipinski definition) is 4. The summed E-state index contributed by atoms with van der Waals surface area (Å²) >= 11 is 0. The Bertz CT molecular complexity index is 1540. The minimum absolute atomic E-state index is 0.266. The molecule has 0 spiro atoms. The summed E-state index contributed by atoms with van der Waals surface area (Å²) in [6.45, 7) is 1.56. The monoisotopic (exact) mass is 491 g/mol. The zero-order chi connectivity index (χ0) is 25.6. The molecule has 1 N–H and O–H groups in total. The summed E-state index contributed by atoms with van der Waals surface area (Å²) < 4.78 is 5.96. The highest BCUT2D eigenvalue weighted by Gasteiger charge is 2.50. The molecule has 2 heterocycles. The maximum absolute atomic E-state index is 13.8. The number of carbonyl (C=O) groups is 3. The molecule has 1 fully saturated rings. The van der Waals surface area contributed by atoms with Gasteiger partial charge in [-0.15, -0.1) is 0 Å². The number of anilines is 1. The second-order valence-electron chi connectivity index (χ2n) is 9.48. The molecule has 0 unspecified atom stereocenters. The highest BCUT2D eigenvalue weighted by Crippen LogP contribution is 2.40. The molecule has 4 amide bonds. The average Bonchev–Trinajstić information content (AvgIpc) is 3.16. The number of rotatable bonds is 4. The van der Waals surface area contributed by atoms with Crippen LogP contribution in [0, 0.1) is 0 Å². The number of imide groups is 1. The van der Waals surface area contributed by atoms with Crippen molar-refractivity contribution in [3.63, 3.8) is 0 Å². The number of para-hydroxylation sites is 2. The molecule has 4 aromatic carbocycles. The van der Waals surface area contributed by atoms with Gasteiger partial charge in [0, 0.05) is 0 Å². The Kier molecular flexibility index (Phi) is 5.41. The molecule has 0 bridgehead atoms. The highest BCUT2D eigenvalue weighted by molar-refractivity contribution is 6.11. The van der Waals surface area contributed by atoms with E-state index in [4.69, 9.17) is 4.74 Å². The van der Waals surface area contributed by atoms with Crippen LogP contribution >= 0.6 is 0 Å². The van der Waals surface area contributed by atoms with Crippen LogP contribution in [0.5, 0.6) is 5.75 Å². The lowest BCUT2D eigenvalue weighted by atomic mass is 9.90. The van der Waals surface area contributed by atoms with E-state index in [0.717, 1.165) is 21.2 Å². The molecule has 0 aromatic heterocycles. The number of carbonyl (C=O) groups excluding carboxylic acids is 3. The number of nitrogens with zero attached hydrogens (tertiary/aromatic N) is 2. The zero-order valence-corrected chi connectivity index (χ0v) is 20.3. The lowest BCUT2D eigenvalue weighted by Crippen LogP contribution is -2.48. The minimum Gasteiger partial charge on any atom is -0.489 e. The molecule has 2 aliphatic heterocycles. The van der Waals surface area contributed by atoms with E-state index in [2.05, 4.69) is 5.32 Å². The number of urea groups is 1. The van der Waals surface area contributed by atoms with Crippen LogP contribution in [0.4, 0.5) is 10.5 Å². The number of amides is 4. The SMILES string of the molecule is C[C@@]1(c2ccc3ccccc3c2)NC(=O)N(CC(=O)N2c3ccccc3OC[C@@H]2c2ccccc2)C1=O. The zero-order valence-electron chi connectivity index (χ0n) is 20.3. The van der Waals surface area contributed by atoms with Crippen LogP contribution in [0.25, 0.3) is 10.8 Å². The van der Waals surface area contributed by atoms with Gasteiger partial charge in [0.2, 0.25) is 5.91 Å². The van der Waals surface area contributed by atoms with Crippen LogP contribution in [-0.2, 0) is 15.1 Å². The van der Waals surface area contributed by atoms with Crippen molar-refractivity contribution in [1.29, 1.82) is 0 Å². The van der Waals surface area contributed by atoms with Crippen LogP contribution in [-0.4, -0.2) is 35.9 Å². The van der Waals surface area contributed by atoms with Gasteiger partial charge in [0.1, 0.15) is 24.4 Å². The summed E-state index contributed by atoms with van der Waals surface area (Å²) in [7, 11) is 0. The topological polar surface area (TPSA) is 79.0 Å². The number of fused-ring (bicyclic) bond motifs is 2. The van der Waals surface area contributed by atoms with Crippen molar-refractivity contribution in [2.24, 2.45) is 0 Å². The maximum Gasteiger partial charge on any atom is 0.325 e. The first-order valence-corrected chi connectivity index (χ1v) is 12.2. The molecular formula is C30H25N3O4. The molecule has 37 heavy (non-hydrogen) atoms. The van der Waals surface area contributed by atoms with Gasteiger partial charge in [0.05, 0.1) is 11.7 Å². The summed E-state index contributed by atoms with van der Waals surface area (Å²) in [6, 6.07) is 29.4. The van der Waals surface area contributed by atoms with Gasteiger partial charge < -0.3 is 10.1 Å². The lowest BCUT2D eigenvalue weighted by molar-refractivity contribution is -0.134. The van der Waals surface area contributed by atoms with Crippen LogP contribution in [0.1, 0.15) is 24.1 Å². The van der Waals surface area contributed by atoms with Crippen LogP contribution in [0.3, 0.4) is 0 Å². The first kappa shape index (κ1) is 22.8. The Morgan fingerprint density at radius 3 is 2.43 bits per heavy atom. The van der Waals surface area contributed by atoms with Gasteiger partial charge in [-0.2, -0.15) is 0 Å². The largest absolute Gasteiger partial charge is 0.489 e. The van der Waals surface area contributed by atoms with Crippen molar-refractivity contribution in [1.82, 2.24) is 10.2 Å². The van der Waals surface area contributed by atoms with Gasteiger partial charge in [-0.3, -0.25) is 19.4 Å². The Morgan fingerprint density at radius 1 is 0.919 bits per heavy atom. The predicted molar refractivity (Wildman–Crippen MR) is 140 cm³/mol. The number of hydrogen-bond donors (Lipinski definition) is 1. The maximum atomic E-state index is 13.8. The lowest BCUT2D eigenvalue weighted by Gasteiger charge is -2.37. The summed E-state index contributed by atoms with van der Waals surface area (Å²) in [5, 5.41) is 4.83. The molecule has 2 aliphatic rings.